The summed E-state index contributed by atoms with van der Waals surface area (Å²) in [7, 11) is 0. The fraction of sp³-hybridized carbons (Fsp3) is 0.462. The van der Waals surface area contributed by atoms with Crippen molar-refractivity contribution < 1.29 is 4.79 Å². The van der Waals surface area contributed by atoms with Crippen LogP contribution in [-0.2, 0) is 11.2 Å². The van der Waals surface area contributed by atoms with Gasteiger partial charge in [-0.05, 0) is 43.5 Å². The Kier molecular flexibility index (Phi) is 5.65. The van der Waals surface area contributed by atoms with E-state index in [1.165, 1.54) is 11.1 Å². The first-order chi connectivity index (χ1) is 7.99. The number of rotatable bonds is 5. The molecule has 0 aliphatic heterocycles. The third-order valence-corrected chi connectivity index (χ3v) is 3.03. The number of carbonyl (C=O) groups is 1. The second-order valence-corrected chi connectivity index (χ2v) is 5.27. The van der Waals surface area contributed by atoms with E-state index in [0.29, 0.717) is 13.0 Å². The Balaban J connectivity index is 2.40. The van der Waals surface area contributed by atoms with Crippen molar-refractivity contribution in [2.24, 2.45) is 5.73 Å². The Morgan fingerprint density at radius 1 is 1.53 bits per heavy atom. The molecule has 4 heteroatoms. The average Bonchev–Trinajstić information content (AvgIpc) is 2.22. The molecule has 0 saturated carbocycles. The predicted molar refractivity (Wildman–Crippen MR) is 73.9 cm³/mol. The smallest absolute Gasteiger partial charge is 0.221 e. The van der Waals surface area contributed by atoms with Crippen LogP contribution in [0.25, 0.3) is 0 Å². The largest absolute Gasteiger partial charge is 0.356 e. The molecule has 0 bridgehead atoms. The maximum Gasteiger partial charge on any atom is 0.221 e. The van der Waals surface area contributed by atoms with E-state index in [1.807, 2.05) is 13.0 Å². The number of carbonyl (C=O) groups excluding carboxylic acids is 1. The number of benzene rings is 1. The zero-order chi connectivity index (χ0) is 12.8. The summed E-state index contributed by atoms with van der Waals surface area (Å²) in [6, 6.07) is 6.10. The van der Waals surface area contributed by atoms with E-state index in [2.05, 4.69) is 40.3 Å². The van der Waals surface area contributed by atoms with Gasteiger partial charge in [-0.2, -0.15) is 0 Å². The lowest BCUT2D eigenvalue weighted by atomic mass is 10.1. The lowest BCUT2D eigenvalue weighted by Gasteiger charge is -2.09. The molecule has 1 rings (SSSR count). The zero-order valence-electron chi connectivity index (χ0n) is 10.3. The first-order valence-corrected chi connectivity index (χ1v) is 6.55. The van der Waals surface area contributed by atoms with Gasteiger partial charge in [-0.15, -0.1) is 0 Å². The minimum absolute atomic E-state index is 0.0210. The van der Waals surface area contributed by atoms with Gasteiger partial charge in [0.25, 0.3) is 0 Å². The Bertz CT molecular complexity index is 391. The van der Waals surface area contributed by atoms with Crippen molar-refractivity contribution in [3.8, 4) is 0 Å². The van der Waals surface area contributed by atoms with Gasteiger partial charge in [0.05, 0.1) is 0 Å². The van der Waals surface area contributed by atoms with E-state index in [0.717, 1.165) is 10.9 Å². The molecule has 0 fully saturated rings. The standard InChI is InChI=1S/C13H19BrN2O/c1-9-3-4-12(14)8-11(9)5-6-16-13(17)7-10(2)15/h3-4,8,10H,5-7,15H2,1-2H3,(H,16,17). The Morgan fingerprint density at radius 2 is 2.24 bits per heavy atom. The molecule has 0 radical (unpaired) electrons. The van der Waals surface area contributed by atoms with Crippen molar-refractivity contribution in [3.63, 3.8) is 0 Å². The van der Waals surface area contributed by atoms with Crippen LogP contribution in [0.3, 0.4) is 0 Å². The van der Waals surface area contributed by atoms with E-state index in [1.54, 1.807) is 0 Å². The van der Waals surface area contributed by atoms with Crippen molar-refractivity contribution in [2.75, 3.05) is 6.54 Å². The molecule has 0 aliphatic carbocycles. The zero-order valence-corrected chi connectivity index (χ0v) is 11.9. The van der Waals surface area contributed by atoms with Gasteiger partial charge in [0, 0.05) is 23.5 Å². The van der Waals surface area contributed by atoms with Crippen LogP contribution in [0.4, 0.5) is 0 Å². The molecule has 0 saturated heterocycles. The van der Waals surface area contributed by atoms with Gasteiger partial charge in [0.1, 0.15) is 0 Å². The molecule has 0 aliphatic rings. The number of nitrogens with one attached hydrogen (secondary N) is 1. The summed E-state index contributed by atoms with van der Waals surface area (Å²) in [4.78, 5) is 11.4. The van der Waals surface area contributed by atoms with E-state index >= 15 is 0 Å². The Labute approximate surface area is 111 Å². The first-order valence-electron chi connectivity index (χ1n) is 5.76. The molecular weight excluding hydrogens is 280 g/mol. The summed E-state index contributed by atoms with van der Waals surface area (Å²) >= 11 is 3.45. The van der Waals surface area contributed by atoms with Crippen LogP contribution in [0.2, 0.25) is 0 Å². The highest BCUT2D eigenvalue weighted by molar-refractivity contribution is 9.10. The van der Waals surface area contributed by atoms with Crippen LogP contribution in [0, 0.1) is 6.92 Å². The minimum atomic E-state index is -0.0809. The predicted octanol–water partition coefficient (Wildman–Crippen LogP) is 2.15. The van der Waals surface area contributed by atoms with Gasteiger partial charge in [0.15, 0.2) is 0 Å². The molecule has 3 N–H and O–H groups in total. The van der Waals surface area contributed by atoms with Crippen LogP contribution in [0.5, 0.6) is 0 Å². The molecule has 1 amide bonds. The number of amides is 1. The second kappa shape index (κ2) is 6.77. The lowest BCUT2D eigenvalue weighted by Crippen LogP contribution is -2.31. The van der Waals surface area contributed by atoms with Crippen LogP contribution < -0.4 is 11.1 Å². The van der Waals surface area contributed by atoms with Gasteiger partial charge >= 0.3 is 0 Å². The molecule has 1 atom stereocenters. The van der Waals surface area contributed by atoms with Crippen molar-refractivity contribution >= 4 is 21.8 Å². The van der Waals surface area contributed by atoms with Gasteiger partial charge in [-0.3, -0.25) is 4.79 Å². The highest BCUT2D eigenvalue weighted by atomic mass is 79.9. The SMILES string of the molecule is Cc1ccc(Br)cc1CCNC(=O)CC(C)N. The number of hydrogen-bond acceptors (Lipinski definition) is 2. The van der Waals surface area contributed by atoms with Crippen LogP contribution in [0.1, 0.15) is 24.5 Å². The summed E-state index contributed by atoms with van der Waals surface area (Å²) in [6.45, 7) is 4.56. The van der Waals surface area contributed by atoms with Crippen LogP contribution in [-0.4, -0.2) is 18.5 Å². The molecule has 1 aromatic carbocycles. The average molecular weight is 299 g/mol. The summed E-state index contributed by atoms with van der Waals surface area (Å²) in [6.07, 6.45) is 1.23. The van der Waals surface area contributed by atoms with Crippen molar-refractivity contribution in [1.29, 1.82) is 0 Å². The topological polar surface area (TPSA) is 55.1 Å². The summed E-state index contributed by atoms with van der Waals surface area (Å²) in [5.74, 6) is 0.0210. The Hall–Kier alpha value is -0.870. The lowest BCUT2D eigenvalue weighted by molar-refractivity contribution is -0.121. The van der Waals surface area contributed by atoms with Gasteiger partial charge in [0.2, 0.25) is 5.91 Å². The molecule has 0 spiro atoms. The fourth-order valence-corrected chi connectivity index (χ4v) is 2.02. The minimum Gasteiger partial charge on any atom is -0.356 e. The molecule has 1 aromatic rings. The van der Waals surface area contributed by atoms with Crippen LogP contribution >= 0.6 is 15.9 Å². The molecular formula is C13H19BrN2O. The maximum absolute atomic E-state index is 11.4. The quantitative estimate of drug-likeness (QED) is 0.875. The molecule has 17 heavy (non-hydrogen) atoms. The van der Waals surface area contributed by atoms with Gasteiger partial charge in [-0.1, -0.05) is 22.0 Å². The number of hydrogen-bond donors (Lipinski definition) is 2. The Morgan fingerprint density at radius 3 is 2.88 bits per heavy atom. The molecule has 0 heterocycles. The molecule has 0 aromatic heterocycles. The summed E-state index contributed by atoms with van der Waals surface area (Å²) in [5, 5.41) is 2.87. The van der Waals surface area contributed by atoms with Gasteiger partial charge < -0.3 is 11.1 Å². The third-order valence-electron chi connectivity index (χ3n) is 2.54. The van der Waals surface area contributed by atoms with E-state index in [9.17, 15) is 4.79 Å². The normalized spacial score (nSPS) is 12.2. The van der Waals surface area contributed by atoms with Crippen LogP contribution in [0.15, 0.2) is 22.7 Å². The van der Waals surface area contributed by atoms with E-state index in [4.69, 9.17) is 5.73 Å². The number of aryl methyl sites for hydroxylation is 1. The first kappa shape index (κ1) is 14.2. The monoisotopic (exact) mass is 298 g/mol. The number of nitrogens with two attached hydrogens (primary N) is 1. The summed E-state index contributed by atoms with van der Waals surface area (Å²) in [5.41, 5.74) is 8.05. The number of halogens is 1. The van der Waals surface area contributed by atoms with E-state index < -0.39 is 0 Å². The van der Waals surface area contributed by atoms with Crippen molar-refractivity contribution in [1.82, 2.24) is 5.32 Å². The molecule has 3 nitrogen and oxygen atoms in total. The molecule has 94 valence electrons. The maximum atomic E-state index is 11.4. The van der Waals surface area contributed by atoms with Crippen molar-refractivity contribution in [2.45, 2.75) is 32.7 Å². The summed E-state index contributed by atoms with van der Waals surface area (Å²) < 4.78 is 1.07. The second-order valence-electron chi connectivity index (χ2n) is 4.35. The van der Waals surface area contributed by atoms with Crippen molar-refractivity contribution in [3.05, 3.63) is 33.8 Å². The fourth-order valence-electron chi connectivity index (χ4n) is 1.61. The highest BCUT2D eigenvalue weighted by Crippen LogP contribution is 2.16. The van der Waals surface area contributed by atoms with Gasteiger partial charge in [-0.25, -0.2) is 0 Å². The molecule has 1 unspecified atom stereocenters. The third kappa shape index (κ3) is 5.33. The highest BCUT2D eigenvalue weighted by Gasteiger charge is 2.05. The van der Waals surface area contributed by atoms with E-state index in [-0.39, 0.29) is 11.9 Å².